The maximum atomic E-state index is 15.0. The second-order valence-corrected chi connectivity index (χ2v) is 10.3. The number of ether oxygens (including phenoxy) is 2. The van der Waals surface area contributed by atoms with Crippen molar-refractivity contribution in [2.45, 2.75) is 39.3 Å². The van der Waals surface area contributed by atoms with E-state index in [0.29, 0.717) is 42.4 Å². The summed E-state index contributed by atoms with van der Waals surface area (Å²) in [5, 5.41) is 20.2. The van der Waals surface area contributed by atoms with Gasteiger partial charge in [0.05, 0.1) is 27.9 Å². The first kappa shape index (κ1) is 26.1. The molecule has 0 bridgehead atoms. The van der Waals surface area contributed by atoms with Crippen molar-refractivity contribution in [3.05, 3.63) is 64.2 Å². The Bertz CT molecular complexity index is 1380. The fraction of sp³-hybridized carbons (Fsp3) is 0.357. The Labute approximate surface area is 225 Å². The number of pyridine rings is 1. The standard InChI is InChI=1S/C28H29ClFN3O5/c1-15(2)25-26(16(3)7-8-31-25)38-22-11-18(23-20(30)5-4-6-21(23)34)24(29)27-19(22)13-32-9-10-33(28(35)36)12-17(32)14-37-27/h4-8,11,15,17,34H,9-10,12-14H2,1-3H3,(H,35,36)/t17-/m0/s1. The average molecular weight is 542 g/mol. The van der Waals surface area contributed by atoms with Crippen molar-refractivity contribution in [3.8, 4) is 34.1 Å². The van der Waals surface area contributed by atoms with Crippen molar-refractivity contribution in [1.29, 1.82) is 0 Å². The van der Waals surface area contributed by atoms with E-state index in [1.54, 1.807) is 12.3 Å². The first-order chi connectivity index (χ1) is 18.2. The molecule has 0 aliphatic carbocycles. The van der Waals surface area contributed by atoms with Gasteiger partial charge in [0.2, 0.25) is 0 Å². The van der Waals surface area contributed by atoms with Crippen LogP contribution in [0, 0.1) is 12.7 Å². The lowest BCUT2D eigenvalue weighted by molar-refractivity contribution is 0.0501. The number of carboxylic acid groups (broad SMARTS) is 1. The normalized spacial score (nSPS) is 17.4. The molecule has 2 aromatic carbocycles. The number of hydrogen-bond acceptors (Lipinski definition) is 6. The number of fused-ring (bicyclic) bond motifs is 2. The van der Waals surface area contributed by atoms with E-state index in [9.17, 15) is 15.0 Å². The summed E-state index contributed by atoms with van der Waals surface area (Å²) in [7, 11) is 0. The minimum atomic E-state index is -0.973. The number of carbonyl (C=O) groups is 1. The summed E-state index contributed by atoms with van der Waals surface area (Å²) < 4.78 is 27.8. The monoisotopic (exact) mass is 541 g/mol. The molecular formula is C28H29ClFN3O5. The van der Waals surface area contributed by atoms with Crippen LogP contribution >= 0.6 is 11.6 Å². The molecule has 0 unspecified atom stereocenters. The lowest BCUT2D eigenvalue weighted by Crippen LogP contribution is -2.55. The van der Waals surface area contributed by atoms with Crippen molar-refractivity contribution < 1.29 is 28.9 Å². The van der Waals surface area contributed by atoms with Crippen LogP contribution < -0.4 is 9.47 Å². The zero-order chi connectivity index (χ0) is 27.1. The smallest absolute Gasteiger partial charge is 0.407 e. The van der Waals surface area contributed by atoms with Gasteiger partial charge in [0.15, 0.2) is 5.75 Å². The third-order valence-corrected chi connectivity index (χ3v) is 7.46. The van der Waals surface area contributed by atoms with Crippen LogP contribution in [-0.2, 0) is 6.54 Å². The minimum absolute atomic E-state index is 0.0558. The highest BCUT2D eigenvalue weighted by Gasteiger charge is 2.36. The number of benzene rings is 2. The second-order valence-electron chi connectivity index (χ2n) is 9.94. The molecule has 0 radical (unpaired) electrons. The Morgan fingerprint density at radius 3 is 2.79 bits per heavy atom. The molecule has 2 aliphatic rings. The van der Waals surface area contributed by atoms with Gasteiger partial charge < -0.3 is 24.6 Å². The Kier molecular flexibility index (Phi) is 7.07. The summed E-state index contributed by atoms with van der Waals surface area (Å²) in [6, 6.07) is 7.35. The fourth-order valence-corrected chi connectivity index (χ4v) is 5.35. The summed E-state index contributed by atoms with van der Waals surface area (Å²) in [4.78, 5) is 19.6. The summed E-state index contributed by atoms with van der Waals surface area (Å²) in [6.07, 6.45) is 0.761. The molecule has 10 heteroatoms. The molecule has 1 atom stereocenters. The van der Waals surface area contributed by atoms with Crippen LogP contribution in [0.5, 0.6) is 23.0 Å². The second kappa shape index (κ2) is 10.3. The number of halogens is 2. The van der Waals surface area contributed by atoms with E-state index in [1.165, 1.54) is 23.1 Å². The lowest BCUT2D eigenvalue weighted by atomic mass is 9.99. The molecule has 1 aromatic heterocycles. The van der Waals surface area contributed by atoms with Gasteiger partial charge in [0.25, 0.3) is 0 Å². The number of piperazine rings is 1. The Hall–Kier alpha value is -3.56. The van der Waals surface area contributed by atoms with Crippen LogP contribution in [0.25, 0.3) is 11.1 Å². The van der Waals surface area contributed by atoms with Gasteiger partial charge in [0.1, 0.15) is 29.7 Å². The zero-order valence-corrected chi connectivity index (χ0v) is 22.1. The minimum Gasteiger partial charge on any atom is -0.507 e. The topological polar surface area (TPSA) is 95.4 Å². The summed E-state index contributed by atoms with van der Waals surface area (Å²) in [5.74, 6) is 0.498. The van der Waals surface area contributed by atoms with Gasteiger partial charge in [-0.3, -0.25) is 9.88 Å². The third-order valence-electron chi connectivity index (χ3n) is 7.09. The van der Waals surface area contributed by atoms with Crippen LogP contribution in [0.2, 0.25) is 5.02 Å². The highest BCUT2D eigenvalue weighted by Crippen LogP contribution is 2.49. The van der Waals surface area contributed by atoms with Crippen molar-refractivity contribution >= 4 is 17.7 Å². The maximum Gasteiger partial charge on any atom is 0.407 e. The van der Waals surface area contributed by atoms with Crippen LogP contribution in [0.3, 0.4) is 0 Å². The molecular weight excluding hydrogens is 513 g/mol. The summed E-state index contributed by atoms with van der Waals surface area (Å²) >= 11 is 6.85. The van der Waals surface area contributed by atoms with Crippen molar-refractivity contribution in [3.63, 3.8) is 0 Å². The highest BCUT2D eigenvalue weighted by atomic mass is 35.5. The van der Waals surface area contributed by atoms with E-state index in [2.05, 4.69) is 9.88 Å². The highest BCUT2D eigenvalue weighted by molar-refractivity contribution is 6.35. The van der Waals surface area contributed by atoms with Gasteiger partial charge >= 0.3 is 6.09 Å². The van der Waals surface area contributed by atoms with Crippen LogP contribution in [0.4, 0.5) is 9.18 Å². The molecule has 8 nitrogen and oxygen atoms in total. The van der Waals surface area contributed by atoms with E-state index >= 15 is 4.39 Å². The SMILES string of the molecule is Cc1ccnc(C(C)C)c1Oc1cc(-c2c(O)cccc2F)c(Cl)c2c1CN1CCN(C(=O)O)C[C@H]1CO2. The van der Waals surface area contributed by atoms with Crippen molar-refractivity contribution in [1.82, 2.24) is 14.8 Å². The average Bonchev–Trinajstić information content (AvgIpc) is 3.07. The largest absolute Gasteiger partial charge is 0.507 e. The number of aromatic hydroxyl groups is 1. The molecule has 38 heavy (non-hydrogen) atoms. The van der Waals surface area contributed by atoms with Crippen molar-refractivity contribution in [2.24, 2.45) is 0 Å². The number of amides is 1. The maximum absolute atomic E-state index is 15.0. The number of aryl methyl sites for hydroxylation is 1. The molecule has 0 spiro atoms. The predicted molar refractivity (Wildman–Crippen MR) is 141 cm³/mol. The molecule has 3 aromatic rings. The van der Waals surface area contributed by atoms with Crippen LogP contribution in [0.15, 0.2) is 36.5 Å². The van der Waals surface area contributed by atoms with E-state index in [4.69, 9.17) is 21.1 Å². The molecule has 1 saturated heterocycles. The molecule has 2 aliphatic heterocycles. The van der Waals surface area contributed by atoms with E-state index in [0.717, 1.165) is 11.3 Å². The van der Waals surface area contributed by atoms with Gasteiger partial charge in [-0.15, -0.1) is 0 Å². The van der Waals surface area contributed by atoms with Gasteiger partial charge in [0, 0.05) is 37.9 Å². The number of rotatable bonds is 4. The van der Waals surface area contributed by atoms with Crippen LogP contribution in [0.1, 0.15) is 36.6 Å². The number of hydrogen-bond donors (Lipinski definition) is 2. The summed E-state index contributed by atoms with van der Waals surface area (Å²) in [6.45, 7) is 7.72. The molecule has 5 rings (SSSR count). The van der Waals surface area contributed by atoms with Gasteiger partial charge in [-0.25, -0.2) is 9.18 Å². The lowest BCUT2D eigenvalue weighted by Gasteiger charge is -2.38. The van der Waals surface area contributed by atoms with E-state index in [-0.39, 0.29) is 47.0 Å². The Morgan fingerprint density at radius 1 is 1.29 bits per heavy atom. The van der Waals surface area contributed by atoms with Gasteiger partial charge in [-0.1, -0.05) is 31.5 Å². The number of aromatic nitrogens is 1. The fourth-order valence-electron chi connectivity index (χ4n) is 5.04. The molecule has 1 amide bonds. The van der Waals surface area contributed by atoms with Crippen LogP contribution in [-0.4, -0.2) is 63.4 Å². The third kappa shape index (κ3) is 4.72. The van der Waals surface area contributed by atoms with Gasteiger partial charge in [-0.05, 0) is 42.7 Å². The molecule has 2 N–H and O–H groups in total. The quantitative estimate of drug-likeness (QED) is 0.416. The van der Waals surface area contributed by atoms with E-state index in [1.807, 2.05) is 26.8 Å². The van der Waals surface area contributed by atoms with Crippen molar-refractivity contribution in [2.75, 3.05) is 26.2 Å². The molecule has 3 heterocycles. The molecule has 200 valence electrons. The first-order valence-electron chi connectivity index (χ1n) is 12.5. The first-order valence-corrected chi connectivity index (χ1v) is 12.8. The zero-order valence-electron chi connectivity index (χ0n) is 21.4. The number of phenolic OH excluding ortho intramolecular Hbond substituents is 1. The number of nitrogens with zero attached hydrogens (tertiary/aromatic N) is 3. The summed E-state index contributed by atoms with van der Waals surface area (Å²) in [5.41, 5.74) is 2.49. The molecule has 0 saturated carbocycles. The van der Waals surface area contributed by atoms with E-state index < -0.39 is 11.9 Å². The predicted octanol–water partition coefficient (Wildman–Crippen LogP) is 6.03. The Morgan fingerprint density at radius 2 is 2.08 bits per heavy atom. The molecule has 1 fully saturated rings. The number of phenols is 1. The van der Waals surface area contributed by atoms with Gasteiger partial charge in [-0.2, -0.15) is 0 Å². The Balaban J connectivity index is 1.67.